The summed E-state index contributed by atoms with van der Waals surface area (Å²) in [5, 5.41) is 9.88. The van der Waals surface area contributed by atoms with Gasteiger partial charge in [0.25, 0.3) is 0 Å². The van der Waals surface area contributed by atoms with E-state index >= 15 is 0 Å². The van der Waals surface area contributed by atoms with Crippen molar-refractivity contribution in [3.8, 4) is 11.8 Å². The molecule has 1 aromatic rings. The minimum atomic E-state index is -0.337. The van der Waals surface area contributed by atoms with Crippen LogP contribution in [0.2, 0.25) is 5.02 Å². The Morgan fingerprint density at radius 1 is 1.47 bits per heavy atom. The van der Waals surface area contributed by atoms with Crippen LogP contribution in [0.1, 0.15) is 24.8 Å². The van der Waals surface area contributed by atoms with E-state index in [1.54, 1.807) is 13.2 Å². The number of nitrogens with zero attached hydrogens (tertiary/aromatic N) is 1. The molecular weight excluding hydrogens is 210 g/mol. The number of hydrogen-bond acceptors (Lipinski definition) is 2. The van der Waals surface area contributed by atoms with Gasteiger partial charge in [0.2, 0.25) is 0 Å². The molecule has 0 aliphatic heterocycles. The highest BCUT2D eigenvalue weighted by atomic mass is 35.5. The second-order valence-electron chi connectivity index (χ2n) is 3.89. The predicted molar refractivity (Wildman–Crippen MR) is 59.1 cm³/mol. The summed E-state index contributed by atoms with van der Waals surface area (Å²) in [6.07, 6.45) is 2.95. The van der Waals surface area contributed by atoms with Crippen LogP contribution in [-0.4, -0.2) is 7.11 Å². The van der Waals surface area contributed by atoms with Crippen molar-refractivity contribution in [1.29, 1.82) is 5.26 Å². The monoisotopic (exact) mass is 221 g/mol. The van der Waals surface area contributed by atoms with E-state index < -0.39 is 0 Å². The highest BCUT2D eigenvalue weighted by Gasteiger charge is 2.41. The zero-order chi connectivity index (χ0) is 10.9. The molecule has 2 rings (SSSR count). The van der Waals surface area contributed by atoms with E-state index in [9.17, 15) is 5.26 Å². The van der Waals surface area contributed by atoms with Crippen molar-refractivity contribution in [3.63, 3.8) is 0 Å². The molecule has 0 amide bonds. The number of halogens is 1. The van der Waals surface area contributed by atoms with Crippen molar-refractivity contribution in [2.24, 2.45) is 0 Å². The van der Waals surface area contributed by atoms with Gasteiger partial charge < -0.3 is 4.74 Å². The van der Waals surface area contributed by atoms with Gasteiger partial charge in [0, 0.05) is 10.6 Å². The lowest BCUT2D eigenvalue weighted by molar-refractivity contribution is 0.307. The van der Waals surface area contributed by atoms with Gasteiger partial charge in [-0.15, -0.1) is 0 Å². The minimum Gasteiger partial charge on any atom is -0.496 e. The molecule has 1 fully saturated rings. The van der Waals surface area contributed by atoms with Crippen LogP contribution in [0.15, 0.2) is 18.2 Å². The van der Waals surface area contributed by atoms with Crippen LogP contribution in [0.4, 0.5) is 0 Å². The summed E-state index contributed by atoms with van der Waals surface area (Å²) in [4.78, 5) is 0. The zero-order valence-electron chi connectivity index (χ0n) is 8.59. The van der Waals surface area contributed by atoms with E-state index in [-0.39, 0.29) is 5.41 Å². The molecule has 0 unspecified atom stereocenters. The normalized spacial score (nSPS) is 17.7. The predicted octanol–water partition coefficient (Wildman–Crippen LogP) is 3.29. The Bertz CT molecular complexity index is 418. The fourth-order valence-electron chi connectivity index (χ4n) is 2.03. The summed E-state index contributed by atoms with van der Waals surface area (Å²) in [6, 6.07) is 7.90. The van der Waals surface area contributed by atoms with E-state index in [1.807, 2.05) is 12.1 Å². The maximum Gasteiger partial charge on any atom is 0.125 e. The number of benzene rings is 1. The van der Waals surface area contributed by atoms with Crippen molar-refractivity contribution >= 4 is 11.6 Å². The number of rotatable bonds is 2. The van der Waals surface area contributed by atoms with Gasteiger partial charge in [0.05, 0.1) is 18.6 Å². The Hall–Kier alpha value is -1.20. The summed E-state index contributed by atoms with van der Waals surface area (Å²) < 4.78 is 5.27. The van der Waals surface area contributed by atoms with Crippen LogP contribution in [0.25, 0.3) is 0 Å². The number of ether oxygens (including phenoxy) is 1. The Morgan fingerprint density at radius 3 is 2.67 bits per heavy atom. The molecule has 3 heteroatoms. The van der Waals surface area contributed by atoms with Crippen molar-refractivity contribution in [2.45, 2.75) is 24.7 Å². The second-order valence-corrected chi connectivity index (χ2v) is 4.33. The molecule has 0 spiro atoms. The first kappa shape index (κ1) is 10.3. The molecule has 15 heavy (non-hydrogen) atoms. The van der Waals surface area contributed by atoms with Gasteiger partial charge in [-0.3, -0.25) is 0 Å². The molecule has 1 saturated carbocycles. The molecular formula is C12H12ClNO. The molecule has 1 aliphatic rings. The SMILES string of the molecule is COc1cc(Cl)ccc1C1(C#N)CCC1. The Kier molecular flexibility index (Phi) is 2.58. The van der Waals surface area contributed by atoms with Crippen LogP contribution >= 0.6 is 11.6 Å². The average molecular weight is 222 g/mol. The van der Waals surface area contributed by atoms with Gasteiger partial charge in [-0.2, -0.15) is 5.26 Å². The van der Waals surface area contributed by atoms with Gasteiger partial charge in [-0.1, -0.05) is 17.7 Å². The number of nitriles is 1. The molecule has 0 radical (unpaired) electrons. The first-order chi connectivity index (χ1) is 7.22. The van der Waals surface area contributed by atoms with Gasteiger partial charge in [-0.05, 0) is 31.4 Å². The third-order valence-corrected chi connectivity index (χ3v) is 3.34. The van der Waals surface area contributed by atoms with Gasteiger partial charge in [-0.25, -0.2) is 0 Å². The summed E-state index contributed by atoms with van der Waals surface area (Å²) in [6.45, 7) is 0. The van der Waals surface area contributed by atoms with E-state index in [0.717, 1.165) is 30.6 Å². The summed E-state index contributed by atoms with van der Waals surface area (Å²) in [5.74, 6) is 0.726. The molecule has 0 bridgehead atoms. The first-order valence-electron chi connectivity index (χ1n) is 4.97. The lowest BCUT2D eigenvalue weighted by atomic mass is 9.65. The molecule has 0 saturated heterocycles. The Balaban J connectivity index is 2.48. The largest absolute Gasteiger partial charge is 0.496 e. The third kappa shape index (κ3) is 1.57. The van der Waals surface area contributed by atoms with Gasteiger partial charge in [0.15, 0.2) is 0 Å². The van der Waals surface area contributed by atoms with Gasteiger partial charge in [0.1, 0.15) is 5.75 Å². The first-order valence-corrected chi connectivity index (χ1v) is 5.35. The quantitative estimate of drug-likeness (QED) is 0.768. The Labute approximate surface area is 94.4 Å². The molecule has 0 heterocycles. The van der Waals surface area contributed by atoms with Crippen molar-refractivity contribution in [1.82, 2.24) is 0 Å². The maximum absolute atomic E-state index is 9.24. The zero-order valence-corrected chi connectivity index (χ0v) is 9.34. The van der Waals surface area contributed by atoms with E-state index in [0.29, 0.717) is 5.02 Å². The van der Waals surface area contributed by atoms with Crippen molar-refractivity contribution in [2.75, 3.05) is 7.11 Å². The van der Waals surface area contributed by atoms with Crippen molar-refractivity contribution < 1.29 is 4.74 Å². The van der Waals surface area contributed by atoms with Gasteiger partial charge >= 0.3 is 0 Å². The molecule has 78 valence electrons. The molecule has 0 N–H and O–H groups in total. The molecule has 1 aromatic carbocycles. The second kappa shape index (κ2) is 3.75. The van der Waals surface area contributed by atoms with Crippen LogP contribution in [0.5, 0.6) is 5.75 Å². The highest BCUT2D eigenvalue weighted by Crippen LogP contribution is 2.47. The molecule has 1 aliphatic carbocycles. The third-order valence-electron chi connectivity index (χ3n) is 3.10. The Morgan fingerprint density at radius 2 is 2.20 bits per heavy atom. The van der Waals surface area contributed by atoms with Crippen LogP contribution in [0.3, 0.4) is 0 Å². The summed E-state index contributed by atoms with van der Waals surface area (Å²) in [5.41, 5.74) is 0.638. The van der Waals surface area contributed by atoms with E-state index in [4.69, 9.17) is 16.3 Å². The van der Waals surface area contributed by atoms with E-state index in [1.165, 1.54) is 0 Å². The van der Waals surface area contributed by atoms with Crippen LogP contribution in [0, 0.1) is 11.3 Å². The molecule has 0 aromatic heterocycles. The topological polar surface area (TPSA) is 33.0 Å². The smallest absolute Gasteiger partial charge is 0.125 e. The maximum atomic E-state index is 9.24. The average Bonchev–Trinajstić information content (AvgIpc) is 2.19. The fraction of sp³-hybridized carbons (Fsp3) is 0.417. The highest BCUT2D eigenvalue weighted by molar-refractivity contribution is 6.30. The number of hydrogen-bond donors (Lipinski definition) is 0. The van der Waals surface area contributed by atoms with Crippen LogP contribution in [-0.2, 0) is 5.41 Å². The van der Waals surface area contributed by atoms with Crippen LogP contribution < -0.4 is 4.74 Å². The molecule has 0 atom stereocenters. The standard InChI is InChI=1S/C12H12ClNO/c1-15-11-7-9(13)3-4-10(11)12(8-14)5-2-6-12/h3-4,7H,2,5-6H2,1H3. The lowest BCUT2D eigenvalue weighted by Crippen LogP contribution is -2.32. The fourth-order valence-corrected chi connectivity index (χ4v) is 2.19. The minimum absolute atomic E-state index is 0.337. The van der Waals surface area contributed by atoms with E-state index in [2.05, 4.69) is 6.07 Å². The summed E-state index contributed by atoms with van der Waals surface area (Å²) in [7, 11) is 1.61. The van der Waals surface area contributed by atoms with Crippen molar-refractivity contribution in [3.05, 3.63) is 28.8 Å². The summed E-state index contributed by atoms with van der Waals surface area (Å²) >= 11 is 5.89. The lowest BCUT2D eigenvalue weighted by Gasteiger charge is -2.36. The molecule has 2 nitrogen and oxygen atoms in total. The number of methoxy groups -OCH3 is 1.